The molecule has 0 heterocycles. The molecule has 0 radical (unpaired) electrons. The first-order valence-electron chi connectivity index (χ1n) is 7.74. The minimum absolute atomic E-state index is 0.148. The summed E-state index contributed by atoms with van der Waals surface area (Å²) >= 11 is 0. The van der Waals surface area contributed by atoms with Crippen molar-refractivity contribution in [2.75, 3.05) is 6.54 Å². The summed E-state index contributed by atoms with van der Waals surface area (Å²) in [5.74, 6) is 1.27. The van der Waals surface area contributed by atoms with Gasteiger partial charge in [-0.1, -0.05) is 38.3 Å². The van der Waals surface area contributed by atoms with E-state index in [-0.39, 0.29) is 11.5 Å². The Balaban J connectivity index is 1.92. The van der Waals surface area contributed by atoms with Gasteiger partial charge in [0.2, 0.25) is 10.0 Å². The molecule has 2 rings (SSSR count). The lowest BCUT2D eigenvalue weighted by molar-refractivity contribution is 0.270. The highest BCUT2D eigenvalue weighted by Gasteiger charge is 2.22. The summed E-state index contributed by atoms with van der Waals surface area (Å²) in [7, 11) is -3.47. The van der Waals surface area contributed by atoms with E-state index in [1.165, 1.54) is 25.3 Å². The Morgan fingerprint density at radius 2 is 1.86 bits per heavy atom. The van der Waals surface area contributed by atoms with Crippen molar-refractivity contribution >= 4 is 10.0 Å². The molecule has 0 saturated heterocycles. The molecule has 0 atom stereocenters. The Labute approximate surface area is 127 Å². The Kier molecular flexibility index (Phi) is 5.79. The maximum absolute atomic E-state index is 12.3. The standard InChI is InChI=1S/C16H25NO3S/c1-2-13-6-8-14(9-7-13)11-17-21(19,20)16-5-3-4-15(10-16)12-18/h3-5,10,13-14,17-18H,2,6-9,11-12H2,1H3. The van der Waals surface area contributed by atoms with Crippen LogP contribution in [0.15, 0.2) is 29.2 Å². The van der Waals surface area contributed by atoms with E-state index in [2.05, 4.69) is 11.6 Å². The van der Waals surface area contributed by atoms with Crippen molar-refractivity contribution in [2.45, 2.75) is 50.5 Å². The van der Waals surface area contributed by atoms with Crippen LogP contribution in [0, 0.1) is 11.8 Å². The highest BCUT2D eigenvalue weighted by molar-refractivity contribution is 7.89. The number of hydrogen-bond acceptors (Lipinski definition) is 3. The molecule has 4 nitrogen and oxygen atoms in total. The van der Waals surface area contributed by atoms with Crippen LogP contribution in [0.5, 0.6) is 0 Å². The van der Waals surface area contributed by atoms with E-state index in [1.807, 2.05) is 0 Å². The second-order valence-electron chi connectivity index (χ2n) is 5.95. The summed E-state index contributed by atoms with van der Waals surface area (Å²) in [4.78, 5) is 0.233. The fourth-order valence-corrected chi connectivity index (χ4v) is 4.15. The van der Waals surface area contributed by atoms with Crippen LogP contribution in [0.3, 0.4) is 0 Å². The molecule has 0 spiro atoms. The second kappa shape index (κ2) is 7.38. The van der Waals surface area contributed by atoms with Gasteiger partial charge in [-0.2, -0.15) is 0 Å². The van der Waals surface area contributed by atoms with Crippen LogP contribution in [-0.2, 0) is 16.6 Å². The number of hydrogen-bond donors (Lipinski definition) is 2. The lowest BCUT2D eigenvalue weighted by atomic mass is 9.81. The van der Waals surface area contributed by atoms with E-state index >= 15 is 0 Å². The molecular formula is C16H25NO3S. The first-order chi connectivity index (χ1) is 10.0. The summed E-state index contributed by atoms with van der Waals surface area (Å²) in [5.41, 5.74) is 0.612. The molecule has 1 saturated carbocycles. The summed E-state index contributed by atoms with van der Waals surface area (Å²) in [5, 5.41) is 9.09. The van der Waals surface area contributed by atoms with Crippen LogP contribution >= 0.6 is 0 Å². The first kappa shape index (κ1) is 16.5. The average Bonchev–Trinajstić information content (AvgIpc) is 2.53. The molecule has 1 aromatic carbocycles. The SMILES string of the molecule is CCC1CCC(CNS(=O)(=O)c2cccc(CO)c2)CC1. The third-order valence-corrected chi connectivity index (χ3v) is 5.92. The molecule has 5 heteroatoms. The summed E-state index contributed by atoms with van der Waals surface area (Å²) in [6, 6.07) is 6.46. The van der Waals surface area contributed by atoms with Crippen molar-refractivity contribution < 1.29 is 13.5 Å². The van der Waals surface area contributed by atoms with E-state index in [0.717, 1.165) is 18.8 Å². The molecule has 1 aliphatic rings. The summed E-state index contributed by atoms with van der Waals surface area (Å²) in [6.45, 7) is 2.59. The van der Waals surface area contributed by atoms with Gasteiger partial charge in [0.15, 0.2) is 0 Å². The van der Waals surface area contributed by atoms with Crippen LogP contribution in [0.2, 0.25) is 0 Å². The van der Waals surface area contributed by atoms with Crippen molar-refractivity contribution in [1.29, 1.82) is 0 Å². The van der Waals surface area contributed by atoms with E-state index in [0.29, 0.717) is 18.0 Å². The molecule has 1 aromatic rings. The van der Waals surface area contributed by atoms with E-state index in [1.54, 1.807) is 18.2 Å². The highest BCUT2D eigenvalue weighted by atomic mass is 32.2. The Morgan fingerprint density at radius 1 is 1.19 bits per heavy atom. The third kappa shape index (κ3) is 4.53. The maximum Gasteiger partial charge on any atom is 0.240 e. The number of sulfonamides is 1. The molecule has 0 unspecified atom stereocenters. The predicted octanol–water partition coefficient (Wildman–Crippen LogP) is 2.67. The van der Waals surface area contributed by atoms with Crippen molar-refractivity contribution in [3.05, 3.63) is 29.8 Å². The van der Waals surface area contributed by atoms with Gasteiger partial charge in [0, 0.05) is 6.54 Å². The lowest BCUT2D eigenvalue weighted by Crippen LogP contribution is -2.31. The zero-order valence-electron chi connectivity index (χ0n) is 12.6. The number of aliphatic hydroxyl groups is 1. The van der Waals surface area contributed by atoms with E-state index in [9.17, 15) is 8.42 Å². The molecule has 0 amide bonds. The second-order valence-corrected chi connectivity index (χ2v) is 7.72. The molecule has 21 heavy (non-hydrogen) atoms. The number of benzene rings is 1. The quantitative estimate of drug-likeness (QED) is 0.849. The van der Waals surface area contributed by atoms with Gasteiger partial charge in [-0.25, -0.2) is 13.1 Å². The van der Waals surface area contributed by atoms with E-state index in [4.69, 9.17) is 5.11 Å². The molecule has 0 aliphatic heterocycles. The normalized spacial score (nSPS) is 23.1. The zero-order chi connectivity index (χ0) is 15.3. The third-order valence-electron chi connectivity index (χ3n) is 4.50. The van der Waals surface area contributed by atoms with Gasteiger partial charge in [0.05, 0.1) is 11.5 Å². The van der Waals surface area contributed by atoms with Gasteiger partial charge in [-0.3, -0.25) is 0 Å². The van der Waals surface area contributed by atoms with Crippen molar-refractivity contribution in [1.82, 2.24) is 4.72 Å². The molecule has 1 fully saturated rings. The fourth-order valence-electron chi connectivity index (χ4n) is 2.97. The van der Waals surface area contributed by atoms with Crippen LogP contribution in [0.1, 0.15) is 44.6 Å². The van der Waals surface area contributed by atoms with Crippen molar-refractivity contribution in [3.8, 4) is 0 Å². The monoisotopic (exact) mass is 311 g/mol. The molecule has 0 aromatic heterocycles. The smallest absolute Gasteiger partial charge is 0.240 e. The van der Waals surface area contributed by atoms with Crippen LogP contribution in [-0.4, -0.2) is 20.1 Å². The predicted molar refractivity (Wildman–Crippen MR) is 83.3 cm³/mol. The lowest BCUT2D eigenvalue weighted by Gasteiger charge is -2.27. The Hall–Kier alpha value is -0.910. The van der Waals surface area contributed by atoms with Crippen LogP contribution < -0.4 is 4.72 Å². The number of aliphatic hydroxyl groups excluding tert-OH is 1. The maximum atomic E-state index is 12.3. The molecule has 2 N–H and O–H groups in total. The average molecular weight is 311 g/mol. The van der Waals surface area contributed by atoms with E-state index < -0.39 is 10.0 Å². The Morgan fingerprint density at radius 3 is 2.48 bits per heavy atom. The van der Waals surface area contributed by atoms with Gasteiger partial charge in [0.1, 0.15) is 0 Å². The van der Waals surface area contributed by atoms with Crippen LogP contribution in [0.4, 0.5) is 0 Å². The first-order valence-corrected chi connectivity index (χ1v) is 9.23. The Bertz CT molecular complexity index is 548. The number of nitrogens with one attached hydrogen (secondary N) is 1. The van der Waals surface area contributed by atoms with Crippen LogP contribution in [0.25, 0.3) is 0 Å². The van der Waals surface area contributed by atoms with Crippen molar-refractivity contribution in [3.63, 3.8) is 0 Å². The highest BCUT2D eigenvalue weighted by Crippen LogP contribution is 2.30. The van der Waals surface area contributed by atoms with Gasteiger partial charge in [-0.05, 0) is 42.4 Å². The van der Waals surface area contributed by atoms with Gasteiger partial charge < -0.3 is 5.11 Å². The summed E-state index contributed by atoms with van der Waals surface area (Å²) < 4.78 is 27.3. The molecule has 0 bridgehead atoms. The number of rotatable bonds is 6. The molecular weight excluding hydrogens is 286 g/mol. The topological polar surface area (TPSA) is 66.4 Å². The van der Waals surface area contributed by atoms with Gasteiger partial charge in [0.25, 0.3) is 0 Å². The minimum atomic E-state index is -3.47. The van der Waals surface area contributed by atoms with Gasteiger partial charge in [-0.15, -0.1) is 0 Å². The van der Waals surface area contributed by atoms with Crippen molar-refractivity contribution in [2.24, 2.45) is 11.8 Å². The van der Waals surface area contributed by atoms with Gasteiger partial charge >= 0.3 is 0 Å². The molecule has 1 aliphatic carbocycles. The zero-order valence-corrected chi connectivity index (χ0v) is 13.4. The fraction of sp³-hybridized carbons (Fsp3) is 0.625. The molecule has 118 valence electrons. The minimum Gasteiger partial charge on any atom is -0.392 e. The largest absolute Gasteiger partial charge is 0.392 e. The summed E-state index contributed by atoms with van der Waals surface area (Å²) in [6.07, 6.45) is 5.87.